The van der Waals surface area contributed by atoms with E-state index in [2.05, 4.69) is 15.4 Å². The van der Waals surface area contributed by atoms with Gasteiger partial charge in [0.2, 0.25) is 5.89 Å². The first kappa shape index (κ1) is 16.0. The van der Waals surface area contributed by atoms with Crippen molar-refractivity contribution in [2.24, 2.45) is 0 Å². The molecule has 4 rings (SSSR count). The minimum atomic E-state index is -0.483. The Morgan fingerprint density at radius 2 is 1.88 bits per heavy atom. The molecule has 0 atom stereocenters. The van der Waals surface area contributed by atoms with Crippen LogP contribution in [0.4, 0.5) is 0 Å². The van der Waals surface area contributed by atoms with Gasteiger partial charge in [-0.15, -0.1) is 10.2 Å². The van der Waals surface area contributed by atoms with Crippen LogP contribution in [0.15, 0.2) is 57.5 Å². The molecule has 130 valence electrons. The van der Waals surface area contributed by atoms with Gasteiger partial charge < -0.3 is 13.7 Å². The van der Waals surface area contributed by atoms with E-state index in [1.807, 2.05) is 37.3 Å². The van der Waals surface area contributed by atoms with Crippen molar-refractivity contribution < 1.29 is 18.5 Å². The number of rotatable bonds is 5. The summed E-state index contributed by atoms with van der Waals surface area (Å²) in [6.07, 6.45) is 0.632. The summed E-state index contributed by atoms with van der Waals surface area (Å²) in [4.78, 5) is 12.3. The second-order valence-corrected chi connectivity index (χ2v) is 5.63. The molecule has 0 amide bonds. The number of esters is 1. The fourth-order valence-corrected chi connectivity index (χ4v) is 2.57. The van der Waals surface area contributed by atoms with Crippen LogP contribution in [0, 0.1) is 0 Å². The summed E-state index contributed by atoms with van der Waals surface area (Å²) in [5.41, 5.74) is 1.96. The number of carbonyl (C=O) groups is 1. The number of hydrogen-bond donors (Lipinski definition) is 0. The molecule has 0 aliphatic heterocycles. The summed E-state index contributed by atoms with van der Waals surface area (Å²) in [7, 11) is 0. The molecule has 7 nitrogen and oxygen atoms in total. The van der Waals surface area contributed by atoms with E-state index in [9.17, 15) is 4.79 Å². The number of nitrogens with zero attached hydrogens (tertiary/aromatic N) is 3. The molecule has 0 aliphatic carbocycles. The predicted octanol–water partition coefficient (Wildman–Crippen LogP) is 3.80. The monoisotopic (exact) mass is 349 g/mol. The van der Waals surface area contributed by atoms with Crippen LogP contribution in [0.5, 0.6) is 0 Å². The highest BCUT2D eigenvalue weighted by Crippen LogP contribution is 2.29. The first-order valence-electron chi connectivity index (χ1n) is 8.18. The molecule has 4 aromatic rings. The first-order valence-corrected chi connectivity index (χ1v) is 8.18. The van der Waals surface area contributed by atoms with Crippen molar-refractivity contribution in [2.45, 2.75) is 20.0 Å². The largest absolute Gasteiger partial charge is 0.452 e. The van der Waals surface area contributed by atoms with E-state index in [1.165, 1.54) is 0 Å². The van der Waals surface area contributed by atoms with Gasteiger partial charge in [0.15, 0.2) is 12.4 Å². The highest BCUT2D eigenvalue weighted by Gasteiger charge is 2.15. The van der Waals surface area contributed by atoms with Gasteiger partial charge >= 0.3 is 5.97 Å². The molecule has 0 bridgehead atoms. The lowest BCUT2D eigenvalue weighted by Crippen LogP contribution is -2.05. The van der Waals surface area contributed by atoms with Gasteiger partial charge in [0.25, 0.3) is 5.89 Å². The quantitative estimate of drug-likeness (QED) is 0.506. The molecule has 2 heterocycles. The van der Waals surface area contributed by atoms with Gasteiger partial charge in [0.05, 0.1) is 10.9 Å². The number of hydrogen-bond acceptors (Lipinski definition) is 7. The predicted molar refractivity (Wildman–Crippen MR) is 92.2 cm³/mol. The molecule has 0 spiro atoms. The van der Waals surface area contributed by atoms with Crippen LogP contribution in [-0.2, 0) is 17.8 Å². The van der Waals surface area contributed by atoms with E-state index in [4.69, 9.17) is 13.7 Å². The summed E-state index contributed by atoms with van der Waals surface area (Å²) < 4.78 is 16.0. The molecule has 0 N–H and O–H groups in total. The number of aryl methyl sites for hydroxylation is 1. The number of aromatic nitrogens is 3. The topological polar surface area (TPSA) is 91.2 Å². The summed E-state index contributed by atoms with van der Waals surface area (Å²) >= 11 is 0. The molecular weight excluding hydrogens is 334 g/mol. The number of fused-ring (bicyclic) bond motifs is 1. The standard InChI is InChI=1S/C19H15N3O4/c1-2-16-20-21-17(25-16)11-24-19(23)13-8-9-15-14(10-13)18(26-22-15)12-6-4-3-5-7-12/h3-10H,2,11H2,1H3. The van der Waals surface area contributed by atoms with E-state index in [-0.39, 0.29) is 12.5 Å². The van der Waals surface area contributed by atoms with E-state index in [0.29, 0.717) is 29.2 Å². The molecular formula is C19H15N3O4. The third-order valence-electron chi connectivity index (χ3n) is 3.89. The van der Waals surface area contributed by atoms with E-state index >= 15 is 0 Å². The van der Waals surface area contributed by atoms with Crippen LogP contribution < -0.4 is 0 Å². The van der Waals surface area contributed by atoms with Crippen molar-refractivity contribution in [1.29, 1.82) is 0 Å². The Kier molecular flexibility index (Phi) is 4.18. The minimum Gasteiger partial charge on any atom is -0.452 e. The number of ether oxygens (including phenoxy) is 1. The van der Waals surface area contributed by atoms with Crippen molar-refractivity contribution in [3.63, 3.8) is 0 Å². The Morgan fingerprint density at radius 1 is 1.08 bits per heavy atom. The normalized spacial score (nSPS) is 11.0. The smallest absolute Gasteiger partial charge is 0.338 e. The van der Waals surface area contributed by atoms with Crippen molar-refractivity contribution >= 4 is 16.9 Å². The third-order valence-corrected chi connectivity index (χ3v) is 3.89. The fourth-order valence-electron chi connectivity index (χ4n) is 2.57. The molecule has 7 heteroatoms. The number of carbonyl (C=O) groups excluding carboxylic acids is 1. The lowest BCUT2D eigenvalue weighted by atomic mass is 10.1. The second-order valence-electron chi connectivity index (χ2n) is 5.63. The van der Waals surface area contributed by atoms with Crippen LogP contribution >= 0.6 is 0 Å². The van der Waals surface area contributed by atoms with Gasteiger partial charge in [0.1, 0.15) is 5.52 Å². The Balaban J connectivity index is 1.57. The summed E-state index contributed by atoms with van der Waals surface area (Å²) in [6.45, 7) is 1.83. The van der Waals surface area contributed by atoms with Crippen LogP contribution in [-0.4, -0.2) is 21.3 Å². The maximum atomic E-state index is 12.3. The van der Waals surface area contributed by atoms with E-state index < -0.39 is 5.97 Å². The van der Waals surface area contributed by atoms with Crippen molar-refractivity contribution in [1.82, 2.24) is 15.4 Å². The maximum absolute atomic E-state index is 12.3. The Morgan fingerprint density at radius 3 is 2.65 bits per heavy atom. The van der Waals surface area contributed by atoms with Crippen LogP contribution in [0.3, 0.4) is 0 Å². The van der Waals surface area contributed by atoms with Crippen molar-refractivity contribution in [2.75, 3.05) is 0 Å². The molecule has 0 unspecified atom stereocenters. The zero-order valence-electron chi connectivity index (χ0n) is 14.0. The molecule has 0 saturated heterocycles. The Hall–Kier alpha value is -3.48. The Bertz CT molecular complexity index is 1050. The lowest BCUT2D eigenvalue weighted by molar-refractivity contribution is 0.0436. The van der Waals surface area contributed by atoms with Gasteiger partial charge in [-0.2, -0.15) is 0 Å². The number of benzene rings is 2. The molecule has 0 saturated carbocycles. The molecule has 26 heavy (non-hydrogen) atoms. The first-order chi connectivity index (χ1) is 12.7. The molecule has 0 fully saturated rings. The third kappa shape index (κ3) is 3.06. The van der Waals surface area contributed by atoms with Crippen LogP contribution in [0.25, 0.3) is 22.2 Å². The second kappa shape index (κ2) is 6.79. The van der Waals surface area contributed by atoms with Crippen molar-refractivity contribution in [3.05, 3.63) is 65.9 Å². The van der Waals surface area contributed by atoms with Gasteiger partial charge in [-0.25, -0.2) is 4.79 Å². The SMILES string of the molecule is CCc1nnc(COC(=O)c2ccc3noc(-c4ccccc4)c3c2)o1. The molecule has 2 aromatic heterocycles. The zero-order chi connectivity index (χ0) is 17.9. The fraction of sp³-hybridized carbons (Fsp3) is 0.158. The summed E-state index contributed by atoms with van der Waals surface area (Å²) in [5.74, 6) is 0.906. The highest BCUT2D eigenvalue weighted by atomic mass is 16.5. The highest BCUT2D eigenvalue weighted by molar-refractivity contribution is 5.98. The Labute approximate surface area is 148 Å². The van der Waals surface area contributed by atoms with E-state index in [1.54, 1.807) is 18.2 Å². The summed E-state index contributed by atoms with van der Waals surface area (Å²) in [6, 6.07) is 14.7. The lowest BCUT2D eigenvalue weighted by Gasteiger charge is -2.02. The zero-order valence-corrected chi connectivity index (χ0v) is 14.0. The molecule has 0 aliphatic rings. The van der Waals surface area contributed by atoms with Gasteiger partial charge in [0, 0.05) is 12.0 Å². The maximum Gasteiger partial charge on any atom is 0.338 e. The summed E-state index contributed by atoms with van der Waals surface area (Å²) in [5, 5.41) is 12.5. The average molecular weight is 349 g/mol. The van der Waals surface area contributed by atoms with Crippen LogP contribution in [0.1, 0.15) is 29.1 Å². The van der Waals surface area contributed by atoms with Gasteiger partial charge in [-0.05, 0) is 18.2 Å². The molecule has 0 radical (unpaired) electrons. The van der Waals surface area contributed by atoms with Crippen LogP contribution in [0.2, 0.25) is 0 Å². The minimum absolute atomic E-state index is 0.0704. The molecule has 2 aromatic carbocycles. The van der Waals surface area contributed by atoms with E-state index in [0.717, 1.165) is 10.9 Å². The van der Waals surface area contributed by atoms with Gasteiger partial charge in [-0.1, -0.05) is 42.4 Å². The van der Waals surface area contributed by atoms with Crippen molar-refractivity contribution in [3.8, 4) is 11.3 Å². The average Bonchev–Trinajstić information content (AvgIpc) is 3.33. The van der Waals surface area contributed by atoms with Gasteiger partial charge in [-0.3, -0.25) is 0 Å².